The van der Waals surface area contributed by atoms with Gasteiger partial charge in [0.1, 0.15) is 5.75 Å². The maximum atomic E-state index is 12.7. The molecule has 0 radical (unpaired) electrons. The smallest absolute Gasteiger partial charge is 0.223 e. The molecule has 0 unspecified atom stereocenters. The molecule has 1 aromatic heterocycles. The summed E-state index contributed by atoms with van der Waals surface area (Å²) in [5, 5.41) is 5.53. The Morgan fingerprint density at radius 2 is 1.76 bits per heavy atom. The standard InChI is InChI=1S/C22H20Cl2N2O3/c23-16-5-3-15(4-6-16)22-19-14-26(12-11-20(19)25-29-22)21(27)2-1-13-28-18-9-7-17(24)8-10-18/h3-10H,1-2,11-14H2. The molecule has 0 saturated heterocycles. The minimum Gasteiger partial charge on any atom is -0.494 e. The van der Waals surface area contributed by atoms with E-state index in [0.717, 1.165) is 22.6 Å². The maximum absolute atomic E-state index is 12.7. The van der Waals surface area contributed by atoms with E-state index in [-0.39, 0.29) is 5.91 Å². The Kier molecular flexibility index (Phi) is 6.07. The molecule has 2 heterocycles. The minimum absolute atomic E-state index is 0.110. The summed E-state index contributed by atoms with van der Waals surface area (Å²) in [4.78, 5) is 14.5. The van der Waals surface area contributed by atoms with E-state index in [9.17, 15) is 4.79 Å². The highest BCUT2D eigenvalue weighted by Gasteiger charge is 2.27. The molecule has 0 bridgehead atoms. The quantitative estimate of drug-likeness (QED) is 0.491. The van der Waals surface area contributed by atoms with E-state index in [0.29, 0.717) is 54.8 Å². The second kappa shape index (κ2) is 8.89. The van der Waals surface area contributed by atoms with Crippen molar-refractivity contribution in [3.05, 3.63) is 69.8 Å². The normalized spacial score (nSPS) is 13.2. The largest absolute Gasteiger partial charge is 0.494 e. The lowest BCUT2D eigenvalue weighted by Crippen LogP contribution is -2.36. The number of nitrogens with zero attached hydrogens (tertiary/aromatic N) is 2. The third kappa shape index (κ3) is 4.74. The number of hydrogen-bond donors (Lipinski definition) is 0. The van der Waals surface area contributed by atoms with Crippen LogP contribution in [0.4, 0.5) is 0 Å². The average molecular weight is 431 g/mol. The number of fused-ring (bicyclic) bond motifs is 1. The summed E-state index contributed by atoms with van der Waals surface area (Å²) in [5.74, 6) is 1.57. The Morgan fingerprint density at radius 3 is 2.48 bits per heavy atom. The van der Waals surface area contributed by atoms with Crippen molar-refractivity contribution in [2.24, 2.45) is 0 Å². The van der Waals surface area contributed by atoms with Gasteiger partial charge in [0.2, 0.25) is 5.91 Å². The van der Waals surface area contributed by atoms with Gasteiger partial charge in [0.15, 0.2) is 5.76 Å². The summed E-state index contributed by atoms with van der Waals surface area (Å²) in [6.45, 7) is 1.64. The number of rotatable bonds is 6. The monoisotopic (exact) mass is 430 g/mol. The van der Waals surface area contributed by atoms with Crippen LogP contribution >= 0.6 is 23.2 Å². The van der Waals surface area contributed by atoms with E-state index in [2.05, 4.69) is 5.16 Å². The predicted octanol–water partition coefficient (Wildman–Crippen LogP) is 5.39. The van der Waals surface area contributed by atoms with Gasteiger partial charge in [-0.05, 0) is 55.0 Å². The molecule has 1 aliphatic heterocycles. The zero-order valence-corrected chi connectivity index (χ0v) is 17.2. The van der Waals surface area contributed by atoms with Crippen LogP contribution < -0.4 is 4.74 Å². The van der Waals surface area contributed by atoms with Crippen LogP contribution in [0.15, 0.2) is 53.1 Å². The topological polar surface area (TPSA) is 55.6 Å². The fourth-order valence-corrected chi connectivity index (χ4v) is 3.61. The van der Waals surface area contributed by atoms with Crippen molar-refractivity contribution in [2.75, 3.05) is 13.2 Å². The first-order valence-electron chi connectivity index (χ1n) is 9.49. The highest BCUT2D eigenvalue weighted by atomic mass is 35.5. The van der Waals surface area contributed by atoms with Crippen LogP contribution in [0.5, 0.6) is 5.75 Å². The molecule has 0 aliphatic carbocycles. The molecule has 0 spiro atoms. The SMILES string of the molecule is O=C(CCCOc1ccc(Cl)cc1)N1CCc2noc(-c3ccc(Cl)cc3)c2C1. The Labute approximate surface area is 179 Å². The molecule has 0 N–H and O–H groups in total. The van der Waals surface area contributed by atoms with Crippen molar-refractivity contribution in [1.29, 1.82) is 0 Å². The summed E-state index contributed by atoms with van der Waals surface area (Å²) < 4.78 is 11.2. The summed E-state index contributed by atoms with van der Waals surface area (Å²) in [6.07, 6.45) is 1.78. The number of halogens is 2. The lowest BCUT2D eigenvalue weighted by atomic mass is 10.0. The highest BCUT2D eigenvalue weighted by molar-refractivity contribution is 6.30. The zero-order chi connectivity index (χ0) is 20.2. The molecule has 1 amide bonds. The number of benzene rings is 2. The van der Waals surface area contributed by atoms with Crippen molar-refractivity contribution in [3.8, 4) is 17.1 Å². The van der Waals surface area contributed by atoms with Crippen LogP contribution in [0.3, 0.4) is 0 Å². The van der Waals surface area contributed by atoms with Crippen LogP contribution in [0.1, 0.15) is 24.1 Å². The van der Waals surface area contributed by atoms with Gasteiger partial charge in [-0.25, -0.2) is 0 Å². The summed E-state index contributed by atoms with van der Waals surface area (Å²) in [6, 6.07) is 14.6. The fourth-order valence-electron chi connectivity index (χ4n) is 3.36. The van der Waals surface area contributed by atoms with Gasteiger partial charge in [0, 0.05) is 40.6 Å². The first kappa shape index (κ1) is 19.8. The predicted molar refractivity (Wildman–Crippen MR) is 112 cm³/mol. The fraction of sp³-hybridized carbons (Fsp3) is 0.273. The van der Waals surface area contributed by atoms with Crippen LogP contribution in [-0.2, 0) is 17.8 Å². The Bertz CT molecular complexity index is 984. The zero-order valence-electron chi connectivity index (χ0n) is 15.7. The molecule has 5 nitrogen and oxygen atoms in total. The molecule has 1 aliphatic rings. The highest BCUT2D eigenvalue weighted by Crippen LogP contribution is 2.31. The number of hydrogen-bond acceptors (Lipinski definition) is 4. The Balaban J connectivity index is 1.33. The molecule has 3 aromatic rings. The number of carbonyl (C=O) groups is 1. The van der Waals surface area contributed by atoms with E-state index in [1.54, 1.807) is 12.1 Å². The molecule has 0 saturated carbocycles. The Morgan fingerprint density at radius 1 is 1.07 bits per heavy atom. The van der Waals surface area contributed by atoms with Crippen molar-refractivity contribution < 1.29 is 14.1 Å². The third-order valence-electron chi connectivity index (χ3n) is 4.91. The second-order valence-electron chi connectivity index (χ2n) is 6.92. The molecular formula is C22H20Cl2N2O3. The van der Waals surface area contributed by atoms with Crippen molar-refractivity contribution >= 4 is 29.1 Å². The van der Waals surface area contributed by atoms with Crippen molar-refractivity contribution in [3.63, 3.8) is 0 Å². The number of ether oxygens (including phenoxy) is 1. The first-order chi connectivity index (χ1) is 14.1. The third-order valence-corrected chi connectivity index (χ3v) is 5.42. The van der Waals surface area contributed by atoms with Crippen molar-refractivity contribution in [1.82, 2.24) is 10.1 Å². The molecule has 29 heavy (non-hydrogen) atoms. The van der Waals surface area contributed by atoms with Gasteiger partial charge >= 0.3 is 0 Å². The van der Waals surface area contributed by atoms with Crippen LogP contribution in [-0.4, -0.2) is 29.1 Å². The molecule has 0 fully saturated rings. The van der Waals surface area contributed by atoms with E-state index in [1.165, 1.54) is 0 Å². The summed E-state index contributed by atoms with van der Waals surface area (Å²) >= 11 is 11.8. The van der Waals surface area contributed by atoms with Gasteiger partial charge in [0.25, 0.3) is 0 Å². The summed E-state index contributed by atoms with van der Waals surface area (Å²) in [7, 11) is 0. The molecule has 4 rings (SSSR count). The number of aromatic nitrogens is 1. The lowest BCUT2D eigenvalue weighted by molar-refractivity contribution is -0.132. The van der Waals surface area contributed by atoms with E-state index < -0.39 is 0 Å². The van der Waals surface area contributed by atoms with E-state index in [1.807, 2.05) is 41.3 Å². The minimum atomic E-state index is 0.110. The molecule has 150 valence electrons. The van der Waals surface area contributed by atoms with Crippen molar-refractivity contribution in [2.45, 2.75) is 25.8 Å². The molecular weight excluding hydrogens is 411 g/mol. The second-order valence-corrected chi connectivity index (χ2v) is 7.79. The van der Waals surface area contributed by atoms with Gasteiger partial charge in [0.05, 0.1) is 18.8 Å². The van der Waals surface area contributed by atoms with Gasteiger partial charge in [-0.15, -0.1) is 0 Å². The molecule has 0 atom stereocenters. The van der Waals surface area contributed by atoms with Gasteiger partial charge in [-0.2, -0.15) is 0 Å². The van der Waals surface area contributed by atoms with E-state index in [4.69, 9.17) is 32.5 Å². The number of amides is 1. The molecule has 2 aromatic carbocycles. The molecule has 7 heteroatoms. The van der Waals surface area contributed by atoms with Gasteiger partial charge in [-0.3, -0.25) is 4.79 Å². The van der Waals surface area contributed by atoms with Crippen LogP contribution in [0.25, 0.3) is 11.3 Å². The van der Waals surface area contributed by atoms with Crippen LogP contribution in [0.2, 0.25) is 10.0 Å². The number of carbonyl (C=O) groups excluding carboxylic acids is 1. The van der Waals surface area contributed by atoms with Gasteiger partial charge in [-0.1, -0.05) is 28.4 Å². The first-order valence-corrected chi connectivity index (χ1v) is 10.3. The van der Waals surface area contributed by atoms with Gasteiger partial charge < -0.3 is 14.2 Å². The van der Waals surface area contributed by atoms with E-state index >= 15 is 0 Å². The lowest BCUT2D eigenvalue weighted by Gasteiger charge is -2.26. The van der Waals surface area contributed by atoms with Crippen LogP contribution in [0, 0.1) is 0 Å². The maximum Gasteiger partial charge on any atom is 0.223 e. The Hall–Kier alpha value is -2.50. The average Bonchev–Trinajstić information content (AvgIpc) is 3.16. The summed E-state index contributed by atoms with van der Waals surface area (Å²) in [5.41, 5.74) is 2.81.